The molecule has 0 spiro atoms. The zero-order valence-electron chi connectivity index (χ0n) is 33.2. The van der Waals surface area contributed by atoms with Crippen LogP contribution in [0.25, 0.3) is 0 Å². The summed E-state index contributed by atoms with van der Waals surface area (Å²) in [5.74, 6) is -0.149. The molecular formula is C40H73NO7Si. The molecule has 0 aromatic carbocycles. The number of hydrogen-bond acceptors (Lipinski definition) is 7. The highest BCUT2D eigenvalue weighted by Crippen LogP contribution is 2.39. The lowest BCUT2D eigenvalue weighted by Gasteiger charge is -2.40. The minimum Gasteiger partial charge on any atom is -0.462 e. The Morgan fingerprint density at radius 1 is 0.939 bits per heavy atom. The summed E-state index contributed by atoms with van der Waals surface area (Å²) in [5, 5.41) is 1.44. The van der Waals surface area contributed by atoms with Crippen molar-refractivity contribution < 1.29 is 33.1 Å². The highest BCUT2D eigenvalue weighted by atomic mass is 28.4. The number of ether oxygens (including phenoxy) is 3. The molecular weight excluding hydrogens is 635 g/mol. The molecule has 3 heterocycles. The third-order valence-corrected chi connectivity index (χ3v) is 15.6. The Kier molecular flexibility index (Phi) is 18.3. The van der Waals surface area contributed by atoms with Crippen LogP contribution in [0.5, 0.6) is 0 Å². The predicted molar refractivity (Wildman–Crippen MR) is 202 cm³/mol. The van der Waals surface area contributed by atoms with Gasteiger partial charge in [-0.05, 0) is 93.5 Å². The normalized spacial score (nSPS) is 27.1. The van der Waals surface area contributed by atoms with Crippen LogP contribution >= 0.6 is 0 Å². The number of cyclic esters (lactones) is 1. The summed E-state index contributed by atoms with van der Waals surface area (Å²) in [6.07, 6.45) is 15.3. The van der Waals surface area contributed by atoms with Crippen LogP contribution in [-0.2, 0) is 33.1 Å². The first-order valence-corrected chi connectivity index (χ1v) is 22.2. The predicted octanol–water partition coefficient (Wildman–Crippen LogP) is 9.73. The van der Waals surface area contributed by atoms with E-state index in [-0.39, 0.29) is 53.2 Å². The summed E-state index contributed by atoms with van der Waals surface area (Å²) in [4.78, 5) is 29.0. The molecule has 0 N–H and O–H groups in total. The van der Waals surface area contributed by atoms with Gasteiger partial charge < -0.3 is 18.6 Å². The van der Waals surface area contributed by atoms with Crippen LogP contribution in [0.3, 0.4) is 0 Å². The van der Waals surface area contributed by atoms with Gasteiger partial charge in [0.05, 0.1) is 37.4 Å². The molecule has 0 radical (unpaired) electrons. The van der Waals surface area contributed by atoms with Crippen molar-refractivity contribution in [1.82, 2.24) is 5.06 Å². The molecule has 0 bridgehead atoms. The molecule has 49 heavy (non-hydrogen) atoms. The van der Waals surface area contributed by atoms with Crippen molar-refractivity contribution in [3.05, 3.63) is 24.3 Å². The number of carbonyl (C=O) groups is 2. The molecule has 5 unspecified atom stereocenters. The fraction of sp³-hybridized carbons (Fsp3) is 0.850. The second kappa shape index (κ2) is 20.5. The fourth-order valence-electron chi connectivity index (χ4n) is 6.73. The van der Waals surface area contributed by atoms with Crippen LogP contribution in [0, 0.1) is 11.8 Å². The number of unbranched alkanes of at least 4 members (excludes halogenated alkanes) is 2. The zero-order valence-corrected chi connectivity index (χ0v) is 34.2. The van der Waals surface area contributed by atoms with Gasteiger partial charge in [-0.15, -0.1) is 0 Å². The van der Waals surface area contributed by atoms with Gasteiger partial charge in [-0.2, -0.15) is 0 Å². The number of hydroxylamine groups is 2. The van der Waals surface area contributed by atoms with Crippen LogP contribution in [0.1, 0.15) is 138 Å². The molecule has 0 aromatic rings. The Labute approximate surface area is 301 Å². The van der Waals surface area contributed by atoms with E-state index >= 15 is 0 Å². The Bertz CT molecular complexity index is 1060. The van der Waals surface area contributed by atoms with E-state index in [2.05, 4.69) is 60.9 Å². The summed E-state index contributed by atoms with van der Waals surface area (Å²) in [5.41, 5.74) is 2.43. The molecule has 0 aromatic heterocycles. The van der Waals surface area contributed by atoms with E-state index in [0.717, 1.165) is 57.8 Å². The molecule has 284 valence electrons. The maximum absolute atomic E-state index is 12.5. The maximum atomic E-state index is 12.5. The Morgan fingerprint density at radius 3 is 1.92 bits per heavy atom. The number of amides is 1. The Balaban J connectivity index is 0.000000374. The van der Waals surface area contributed by atoms with Gasteiger partial charge in [-0.3, -0.25) is 14.4 Å². The zero-order chi connectivity index (χ0) is 36.9. The van der Waals surface area contributed by atoms with Gasteiger partial charge in [0.1, 0.15) is 6.10 Å². The maximum Gasteiger partial charge on any atom is 0.309 e. The largest absolute Gasteiger partial charge is 0.462 e. The molecule has 3 rings (SSSR count). The standard InChI is InChI=1S/C24H47NO4Si.C16H26O3/c1-11-12-13-20-16-18(2)22(28-20)15-14-21(29-30(9,10)24(4,5)6)17-19(3)23(26)25(7)27-8;1-4-5-6-13-9-11(2)15(18-13)8-7-14-10-12(3)16(17)19-14/h19-22H,2,11-17H2,1,3-10H3;12-15H,2,4-10H2,1,3H3/t19-,20?,21+,22?;12-,13?,14?,15?/m11/s1. The van der Waals surface area contributed by atoms with E-state index < -0.39 is 8.32 Å². The number of carbonyl (C=O) groups excluding carboxylic acids is 2. The van der Waals surface area contributed by atoms with Gasteiger partial charge in [0.2, 0.25) is 5.91 Å². The lowest BCUT2D eigenvalue weighted by molar-refractivity contribution is -0.173. The quantitative estimate of drug-likeness (QED) is 0.0607. The fourth-order valence-corrected chi connectivity index (χ4v) is 8.13. The molecule has 3 fully saturated rings. The van der Waals surface area contributed by atoms with Crippen LogP contribution in [-0.4, -0.2) is 76.0 Å². The monoisotopic (exact) mass is 708 g/mol. The number of nitrogens with zero attached hydrogens (tertiary/aromatic N) is 1. The van der Waals surface area contributed by atoms with Gasteiger partial charge in [0.15, 0.2) is 8.32 Å². The average Bonchev–Trinajstić information content (AvgIpc) is 3.69. The van der Waals surface area contributed by atoms with Crippen LogP contribution in [0.4, 0.5) is 0 Å². The Morgan fingerprint density at radius 2 is 1.47 bits per heavy atom. The first-order valence-electron chi connectivity index (χ1n) is 19.3. The third-order valence-electron chi connectivity index (χ3n) is 11.1. The average molecular weight is 708 g/mol. The summed E-state index contributed by atoms with van der Waals surface area (Å²) in [6.45, 7) is 28.1. The van der Waals surface area contributed by atoms with E-state index in [1.807, 2.05) is 13.8 Å². The lowest BCUT2D eigenvalue weighted by atomic mass is 9.96. The van der Waals surface area contributed by atoms with E-state index in [1.54, 1.807) is 7.05 Å². The van der Waals surface area contributed by atoms with Crippen molar-refractivity contribution in [3.63, 3.8) is 0 Å². The van der Waals surface area contributed by atoms with Gasteiger partial charge >= 0.3 is 5.97 Å². The number of hydrogen-bond donors (Lipinski definition) is 0. The van der Waals surface area contributed by atoms with Crippen molar-refractivity contribution in [2.24, 2.45) is 11.8 Å². The van der Waals surface area contributed by atoms with Crippen molar-refractivity contribution in [2.75, 3.05) is 14.2 Å². The molecule has 0 saturated carbocycles. The first kappa shape index (κ1) is 43.6. The molecule has 9 heteroatoms. The highest BCUT2D eigenvalue weighted by molar-refractivity contribution is 6.74. The smallest absolute Gasteiger partial charge is 0.309 e. The van der Waals surface area contributed by atoms with Gasteiger partial charge in [-0.1, -0.05) is 87.3 Å². The van der Waals surface area contributed by atoms with Crippen LogP contribution < -0.4 is 0 Å². The molecule has 3 aliphatic rings. The molecule has 8 atom stereocenters. The first-order chi connectivity index (χ1) is 22.9. The van der Waals surface area contributed by atoms with Crippen LogP contribution in [0.2, 0.25) is 18.1 Å². The molecule has 3 saturated heterocycles. The van der Waals surface area contributed by atoms with Gasteiger partial charge in [0, 0.05) is 19.1 Å². The highest BCUT2D eigenvalue weighted by Gasteiger charge is 2.40. The molecule has 0 aliphatic carbocycles. The minimum atomic E-state index is -1.95. The number of esters is 1. The summed E-state index contributed by atoms with van der Waals surface area (Å²) < 4.78 is 24.4. The second-order valence-electron chi connectivity index (χ2n) is 16.5. The van der Waals surface area contributed by atoms with Crippen molar-refractivity contribution in [1.29, 1.82) is 0 Å². The molecule has 3 aliphatic heterocycles. The van der Waals surface area contributed by atoms with Gasteiger partial charge in [-0.25, -0.2) is 5.06 Å². The minimum absolute atomic E-state index is 0.0116. The summed E-state index contributed by atoms with van der Waals surface area (Å²) in [7, 11) is 1.23. The summed E-state index contributed by atoms with van der Waals surface area (Å²) >= 11 is 0. The van der Waals surface area contributed by atoms with Gasteiger partial charge in [0.25, 0.3) is 0 Å². The Hall–Kier alpha value is -1.52. The third kappa shape index (κ3) is 14.2. The van der Waals surface area contributed by atoms with Crippen molar-refractivity contribution >= 4 is 20.2 Å². The van der Waals surface area contributed by atoms with E-state index in [0.29, 0.717) is 18.6 Å². The van der Waals surface area contributed by atoms with E-state index in [4.69, 9.17) is 23.5 Å². The second-order valence-corrected chi connectivity index (χ2v) is 21.3. The van der Waals surface area contributed by atoms with E-state index in [9.17, 15) is 9.59 Å². The topological polar surface area (TPSA) is 83.5 Å². The molecule has 1 amide bonds. The number of rotatable bonds is 18. The SMILES string of the molecule is C=C1CC(CCCC)OC1CCC1C[C@@H](C)C(=O)O1.C=C1CC(CCCC)OC1CC[C@@H](C[C@@H](C)C(=O)N(C)OC)O[Si](C)(C)C(C)(C)C. The van der Waals surface area contributed by atoms with Crippen LogP contribution in [0.15, 0.2) is 24.3 Å². The lowest BCUT2D eigenvalue weighted by Crippen LogP contribution is -2.45. The molecule has 8 nitrogen and oxygen atoms in total. The van der Waals surface area contributed by atoms with Crippen molar-refractivity contribution in [3.8, 4) is 0 Å². The summed E-state index contributed by atoms with van der Waals surface area (Å²) in [6, 6.07) is 0. The van der Waals surface area contributed by atoms with E-state index in [1.165, 1.54) is 49.0 Å². The van der Waals surface area contributed by atoms with Crippen molar-refractivity contribution in [2.45, 2.75) is 193 Å².